The number of rotatable bonds is 5. The van der Waals surface area contributed by atoms with Gasteiger partial charge in [0.2, 0.25) is 0 Å². The summed E-state index contributed by atoms with van der Waals surface area (Å²) in [6, 6.07) is 6.07. The molecule has 0 radical (unpaired) electrons. The maximum Gasteiger partial charge on any atom is 0.127 e. The van der Waals surface area contributed by atoms with E-state index in [0.717, 1.165) is 17.7 Å². The van der Waals surface area contributed by atoms with Crippen molar-refractivity contribution in [3.63, 3.8) is 0 Å². The normalized spacial score (nSPS) is 17.1. The molecule has 1 aromatic carbocycles. The Morgan fingerprint density at radius 1 is 1.26 bits per heavy atom. The van der Waals surface area contributed by atoms with Gasteiger partial charge in [0, 0.05) is 24.7 Å². The quantitative estimate of drug-likeness (QED) is 0.877. The van der Waals surface area contributed by atoms with E-state index in [1.807, 2.05) is 19.2 Å². The Bertz CT molecular complexity index is 400. The van der Waals surface area contributed by atoms with Crippen molar-refractivity contribution in [1.82, 2.24) is 10.2 Å². The molecule has 1 aliphatic carbocycles. The monoisotopic (exact) mass is 264 g/mol. The highest BCUT2D eigenvalue weighted by Gasteiger charge is 2.19. The lowest BCUT2D eigenvalue weighted by atomic mass is 9.94. The molecule has 0 aromatic heterocycles. The van der Waals surface area contributed by atoms with E-state index in [-0.39, 0.29) is 5.82 Å². The van der Waals surface area contributed by atoms with Crippen LogP contribution in [0, 0.1) is 5.82 Å². The fraction of sp³-hybridized carbons (Fsp3) is 0.625. The van der Waals surface area contributed by atoms with E-state index in [9.17, 15) is 4.39 Å². The molecule has 3 heteroatoms. The lowest BCUT2D eigenvalue weighted by Crippen LogP contribution is -2.33. The molecule has 1 fully saturated rings. The third-order valence-corrected chi connectivity index (χ3v) is 4.11. The van der Waals surface area contributed by atoms with Crippen LogP contribution in [0.2, 0.25) is 0 Å². The highest BCUT2D eigenvalue weighted by Crippen LogP contribution is 2.23. The van der Waals surface area contributed by atoms with Crippen molar-refractivity contribution >= 4 is 0 Å². The van der Waals surface area contributed by atoms with E-state index < -0.39 is 0 Å². The maximum absolute atomic E-state index is 13.9. The molecule has 0 saturated heterocycles. The second-order valence-corrected chi connectivity index (χ2v) is 5.66. The zero-order chi connectivity index (χ0) is 13.7. The Morgan fingerprint density at radius 2 is 2.00 bits per heavy atom. The molecule has 0 unspecified atom stereocenters. The van der Waals surface area contributed by atoms with Gasteiger partial charge in [-0.25, -0.2) is 4.39 Å². The second-order valence-electron chi connectivity index (χ2n) is 5.66. The van der Waals surface area contributed by atoms with Crippen molar-refractivity contribution in [2.24, 2.45) is 0 Å². The Labute approximate surface area is 116 Å². The molecular formula is C16H25FN2. The number of hydrogen-bond acceptors (Lipinski definition) is 2. The van der Waals surface area contributed by atoms with Gasteiger partial charge in [-0.05, 0) is 38.6 Å². The van der Waals surface area contributed by atoms with Crippen LogP contribution in [-0.2, 0) is 13.1 Å². The summed E-state index contributed by atoms with van der Waals surface area (Å²) in [4.78, 5) is 2.32. The van der Waals surface area contributed by atoms with Gasteiger partial charge in [0.1, 0.15) is 5.82 Å². The molecule has 0 bridgehead atoms. The van der Waals surface area contributed by atoms with Crippen LogP contribution in [0.4, 0.5) is 4.39 Å². The van der Waals surface area contributed by atoms with Crippen LogP contribution in [0.15, 0.2) is 18.2 Å². The highest BCUT2D eigenvalue weighted by molar-refractivity contribution is 5.25. The number of hydrogen-bond donors (Lipinski definition) is 1. The smallest absolute Gasteiger partial charge is 0.127 e. The number of nitrogens with one attached hydrogen (secondary N) is 1. The largest absolute Gasteiger partial charge is 0.316 e. The van der Waals surface area contributed by atoms with Crippen LogP contribution in [0.25, 0.3) is 0 Å². The van der Waals surface area contributed by atoms with Gasteiger partial charge in [-0.15, -0.1) is 0 Å². The molecule has 1 N–H and O–H groups in total. The highest BCUT2D eigenvalue weighted by atomic mass is 19.1. The molecule has 0 aliphatic heterocycles. The molecule has 0 atom stereocenters. The first-order chi connectivity index (χ1) is 9.20. The summed E-state index contributed by atoms with van der Waals surface area (Å²) < 4.78 is 13.9. The Kier molecular flexibility index (Phi) is 5.34. The summed E-state index contributed by atoms with van der Waals surface area (Å²) in [6.45, 7) is 1.51. The van der Waals surface area contributed by atoms with Crippen LogP contribution in [0.1, 0.15) is 43.2 Å². The Balaban J connectivity index is 2.02. The molecule has 0 heterocycles. The predicted octanol–water partition coefficient (Wildman–Crippen LogP) is 3.31. The first-order valence-electron chi connectivity index (χ1n) is 7.33. The average Bonchev–Trinajstić information content (AvgIpc) is 2.44. The molecule has 1 aliphatic rings. The van der Waals surface area contributed by atoms with E-state index in [1.54, 1.807) is 6.07 Å². The van der Waals surface area contributed by atoms with Crippen molar-refractivity contribution in [2.45, 2.75) is 51.2 Å². The van der Waals surface area contributed by atoms with Gasteiger partial charge >= 0.3 is 0 Å². The van der Waals surface area contributed by atoms with Crippen LogP contribution in [0.5, 0.6) is 0 Å². The Morgan fingerprint density at radius 3 is 2.68 bits per heavy atom. The van der Waals surface area contributed by atoms with Gasteiger partial charge < -0.3 is 5.32 Å². The van der Waals surface area contributed by atoms with Crippen LogP contribution in [0.3, 0.4) is 0 Å². The average molecular weight is 264 g/mol. The van der Waals surface area contributed by atoms with Crippen LogP contribution >= 0.6 is 0 Å². The van der Waals surface area contributed by atoms with Crippen molar-refractivity contribution in [2.75, 3.05) is 14.1 Å². The molecule has 19 heavy (non-hydrogen) atoms. The van der Waals surface area contributed by atoms with Gasteiger partial charge in [-0.3, -0.25) is 4.90 Å². The SMILES string of the molecule is CNCc1ccc(F)c(CN(C)C2CCCCC2)c1. The zero-order valence-electron chi connectivity index (χ0n) is 12.1. The first-order valence-corrected chi connectivity index (χ1v) is 7.33. The van der Waals surface area contributed by atoms with Gasteiger partial charge in [0.15, 0.2) is 0 Å². The van der Waals surface area contributed by atoms with Crippen LogP contribution < -0.4 is 5.32 Å². The van der Waals surface area contributed by atoms with Crippen LogP contribution in [-0.4, -0.2) is 25.0 Å². The minimum atomic E-state index is -0.0810. The zero-order valence-corrected chi connectivity index (χ0v) is 12.1. The molecular weight excluding hydrogens is 239 g/mol. The number of nitrogens with zero attached hydrogens (tertiary/aromatic N) is 1. The standard InChI is InChI=1S/C16H25FN2/c1-18-11-13-8-9-16(17)14(10-13)12-19(2)15-6-4-3-5-7-15/h8-10,15,18H,3-7,11-12H2,1-2H3. The lowest BCUT2D eigenvalue weighted by molar-refractivity contribution is 0.182. The summed E-state index contributed by atoms with van der Waals surface area (Å²) in [5, 5.41) is 3.11. The van der Waals surface area contributed by atoms with Gasteiger partial charge in [0.25, 0.3) is 0 Å². The van der Waals surface area contributed by atoms with E-state index in [0.29, 0.717) is 12.6 Å². The minimum Gasteiger partial charge on any atom is -0.316 e. The molecule has 2 nitrogen and oxygen atoms in total. The molecule has 106 valence electrons. The molecule has 2 rings (SSSR count). The fourth-order valence-electron chi connectivity index (χ4n) is 2.98. The maximum atomic E-state index is 13.9. The fourth-order valence-corrected chi connectivity index (χ4v) is 2.98. The van der Waals surface area contributed by atoms with E-state index in [2.05, 4.69) is 17.3 Å². The summed E-state index contributed by atoms with van der Waals surface area (Å²) in [5.74, 6) is -0.0810. The molecule has 0 amide bonds. The van der Waals surface area contributed by atoms with Crippen molar-refractivity contribution < 1.29 is 4.39 Å². The van der Waals surface area contributed by atoms with E-state index in [1.165, 1.54) is 32.1 Å². The summed E-state index contributed by atoms with van der Waals surface area (Å²) >= 11 is 0. The summed E-state index contributed by atoms with van der Waals surface area (Å²) in [6.07, 6.45) is 6.51. The number of benzene rings is 1. The molecule has 1 aromatic rings. The Hall–Kier alpha value is -0.930. The third-order valence-electron chi connectivity index (χ3n) is 4.11. The van der Waals surface area contributed by atoms with Crippen molar-refractivity contribution in [1.29, 1.82) is 0 Å². The van der Waals surface area contributed by atoms with Crippen molar-refractivity contribution in [3.8, 4) is 0 Å². The summed E-state index contributed by atoms with van der Waals surface area (Å²) in [7, 11) is 4.04. The number of halogens is 1. The van der Waals surface area contributed by atoms with Crippen molar-refractivity contribution in [3.05, 3.63) is 35.1 Å². The van der Waals surface area contributed by atoms with Gasteiger partial charge in [-0.2, -0.15) is 0 Å². The predicted molar refractivity (Wildman–Crippen MR) is 77.5 cm³/mol. The molecule has 0 spiro atoms. The van der Waals surface area contributed by atoms with E-state index >= 15 is 0 Å². The van der Waals surface area contributed by atoms with Gasteiger partial charge in [0.05, 0.1) is 0 Å². The third kappa shape index (κ3) is 4.02. The topological polar surface area (TPSA) is 15.3 Å². The van der Waals surface area contributed by atoms with E-state index in [4.69, 9.17) is 0 Å². The summed E-state index contributed by atoms with van der Waals surface area (Å²) in [5.41, 5.74) is 1.97. The first kappa shape index (κ1) is 14.5. The minimum absolute atomic E-state index is 0.0810. The molecule has 1 saturated carbocycles. The van der Waals surface area contributed by atoms with Gasteiger partial charge in [-0.1, -0.05) is 31.4 Å². The second kappa shape index (κ2) is 7.01. The lowest BCUT2D eigenvalue weighted by Gasteiger charge is -2.31.